The molecule has 23 heavy (non-hydrogen) atoms. The molecule has 0 bridgehead atoms. The molecule has 2 aromatic rings. The van der Waals surface area contributed by atoms with Gasteiger partial charge >= 0.3 is 0 Å². The number of rotatable bonds is 3. The zero-order valence-corrected chi connectivity index (χ0v) is 13.9. The fraction of sp³-hybridized carbons (Fsp3) is 0.438. The van der Waals surface area contributed by atoms with E-state index in [0.717, 1.165) is 5.56 Å². The third kappa shape index (κ3) is 3.30. The van der Waals surface area contributed by atoms with E-state index < -0.39 is 15.7 Å². The van der Waals surface area contributed by atoms with Crippen molar-refractivity contribution in [3.05, 3.63) is 36.4 Å². The second-order valence-electron chi connectivity index (χ2n) is 6.13. The molecule has 5 nitrogen and oxygen atoms in total. The summed E-state index contributed by atoms with van der Waals surface area (Å²) in [6, 6.07) is 6.42. The van der Waals surface area contributed by atoms with Crippen molar-refractivity contribution in [2.45, 2.75) is 37.3 Å². The van der Waals surface area contributed by atoms with E-state index in [1.807, 2.05) is 0 Å². The molecule has 2 heterocycles. The molecule has 3 rings (SSSR count). The van der Waals surface area contributed by atoms with Crippen molar-refractivity contribution in [2.75, 3.05) is 13.1 Å². The minimum absolute atomic E-state index is 0.0977. The van der Waals surface area contributed by atoms with E-state index in [4.69, 9.17) is 4.42 Å². The first-order valence-corrected chi connectivity index (χ1v) is 8.94. The topological polar surface area (TPSA) is 63.4 Å². The van der Waals surface area contributed by atoms with Gasteiger partial charge in [-0.3, -0.25) is 0 Å². The standard InChI is InChI=1S/C16H19FN2O3S/c1-12-18-15(10-22-12)13-4-6-14(7-5-13)23(20,21)19-9-3-8-16(2,17)11-19/h4-7,10H,3,8-9,11H2,1-2H3. The summed E-state index contributed by atoms with van der Waals surface area (Å²) in [5, 5.41) is 0. The zero-order valence-electron chi connectivity index (χ0n) is 13.1. The van der Waals surface area contributed by atoms with Gasteiger partial charge < -0.3 is 4.42 Å². The van der Waals surface area contributed by atoms with Crippen LogP contribution >= 0.6 is 0 Å². The van der Waals surface area contributed by atoms with Crippen molar-refractivity contribution < 1.29 is 17.2 Å². The van der Waals surface area contributed by atoms with Gasteiger partial charge in [-0.05, 0) is 31.9 Å². The van der Waals surface area contributed by atoms with Crippen LogP contribution in [-0.2, 0) is 10.0 Å². The summed E-state index contributed by atoms with van der Waals surface area (Å²) in [5.74, 6) is 0.548. The van der Waals surface area contributed by atoms with Gasteiger partial charge in [0.25, 0.3) is 0 Å². The largest absolute Gasteiger partial charge is 0.449 e. The maximum absolute atomic E-state index is 14.1. The average molecular weight is 338 g/mol. The molecular formula is C16H19FN2O3S. The molecule has 1 aliphatic rings. The van der Waals surface area contributed by atoms with Gasteiger partial charge in [-0.25, -0.2) is 17.8 Å². The maximum Gasteiger partial charge on any atom is 0.243 e. The molecule has 0 N–H and O–H groups in total. The second-order valence-corrected chi connectivity index (χ2v) is 8.07. The first-order chi connectivity index (χ1) is 10.8. The van der Waals surface area contributed by atoms with Gasteiger partial charge in [0.2, 0.25) is 10.0 Å². The number of hydrogen-bond acceptors (Lipinski definition) is 4. The van der Waals surface area contributed by atoms with Crippen LogP contribution in [0.3, 0.4) is 0 Å². The Morgan fingerprint density at radius 1 is 1.30 bits per heavy atom. The van der Waals surface area contributed by atoms with Crippen molar-refractivity contribution in [3.63, 3.8) is 0 Å². The van der Waals surface area contributed by atoms with Crippen LogP contribution < -0.4 is 0 Å². The molecule has 0 spiro atoms. The fourth-order valence-electron chi connectivity index (χ4n) is 2.80. The highest BCUT2D eigenvalue weighted by molar-refractivity contribution is 7.89. The van der Waals surface area contributed by atoms with Gasteiger partial charge in [0.05, 0.1) is 4.90 Å². The van der Waals surface area contributed by atoms with Crippen molar-refractivity contribution in [2.24, 2.45) is 0 Å². The lowest BCUT2D eigenvalue weighted by Gasteiger charge is -2.34. The third-order valence-corrected chi connectivity index (χ3v) is 5.88. The number of sulfonamides is 1. The quantitative estimate of drug-likeness (QED) is 0.862. The predicted molar refractivity (Wildman–Crippen MR) is 84.2 cm³/mol. The molecule has 1 aromatic heterocycles. The molecule has 1 unspecified atom stereocenters. The lowest BCUT2D eigenvalue weighted by Crippen LogP contribution is -2.46. The van der Waals surface area contributed by atoms with E-state index in [2.05, 4.69) is 4.98 Å². The maximum atomic E-state index is 14.1. The smallest absolute Gasteiger partial charge is 0.243 e. The summed E-state index contributed by atoms with van der Waals surface area (Å²) in [4.78, 5) is 4.37. The summed E-state index contributed by atoms with van der Waals surface area (Å²) in [5.41, 5.74) is -0.0423. The molecule has 0 aliphatic carbocycles. The highest BCUT2D eigenvalue weighted by Gasteiger charge is 2.36. The average Bonchev–Trinajstić information content (AvgIpc) is 2.93. The molecule has 1 fully saturated rings. The Kier molecular flexibility index (Phi) is 4.01. The van der Waals surface area contributed by atoms with Crippen LogP contribution in [0.4, 0.5) is 4.39 Å². The molecule has 0 amide bonds. The van der Waals surface area contributed by atoms with Gasteiger partial charge in [0, 0.05) is 25.6 Å². The predicted octanol–water partition coefficient (Wildman–Crippen LogP) is 3.16. The van der Waals surface area contributed by atoms with Crippen molar-refractivity contribution in [1.29, 1.82) is 0 Å². The molecule has 1 atom stereocenters. The van der Waals surface area contributed by atoms with Gasteiger partial charge in [0.15, 0.2) is 5.89 Å². The van der Waals surface area contributed by atoms with Gasteiger partial charge in [-0.15, -0.1) is 0 Å². The van der Waals surface area contributed by atoms with Crippen LogP contribution in [0.5, 0.6) is 0 Å². The summed E-state index contributed by atoms with van der Waals surface area (Å²) < 4.78 is 45.8. The molecule has 1 saturated heterocycles. The lowest BCUT2D eigenvalue weighted by atomic mass is 9.99. The highest BCUT2D eigenvalue weighted by atomic mass is 32.2. The number of oxazole rings is 1. The fourth-order valence-corrected chi connectivity index (χ4v) is 4.38. The molecule has 0 radical (unpaired) electrons. The summed E-state index contributed by atoms with van der Waals surface area (Å²) in [6.07, 6.45) is 2.45. The number of piperidine rings is 1. The second kappa shape index (κ2) is 5.72. The number of alkyl halides is 1. The molecule has 1 aromatic carbocycles. The summed E-state index contributed by atoms with van der Waals surface area (Å²) in [7, 11) is -3.68. The Morgan fingerprint density at radius 2 is 2.00 bits per heavy atom. The first-order valence-electron chi connectivity index (χ1n) is 7.50. The van der Waals surface area contributed by atoms with Crippen molar-refractivity contribution in [3.8, 4) is 11.3 Å². The number of hydrogen-bond donors (Lipinski definition) is 0. The highest BCUT2D eigenvalue weighted by Crippen LogP contribution is 2.29. The van der Waals surface area contributed by atoms with Crippen molar-refractivity contribution in [1.82, 2.24) is 9.29 Å². The number of aryl methyl sites for hydroxylation is 1. The van der Waals surface area contributed by atoms with E-state index in [1.165, 1.54) is 29.6 Å². The monoisotopic (exact) mass is 338 g/mol. The van der Waals surface area contributed by atoms with Crippen LogP contribution in [-0.4, -0.2) is 36.5 Å². The Labute approximate surface area is 135 Å². The van der Waals surface area contributed by atoms with Crippen LogP contribution in [0.25, 0.3) is 11.3 Å². The Balaban J connectivity index is 1.86. The molecule has 124 valence electrons. The lowest BCUT2D eigenvalue weighted by molar-refractivity contribution is 0.102. The Morgan fingerprint density at radius 3 is 2.57 bits per heavy atom. The SMILES string of the molecule is Cc1nc(-c2ccc(S(=O)(=O)N3CCCC(C)(F)C3)cc2)co1. The summed E-state index contributed by atoms with van der Waals surface area (Å²) >= 11 is 0. The van der Waals surface area contributed by atoms with E-state index in [0.29, 0.717) is 31.0 Å². The Hall–Kier alpha value is -1.73. The number of nitrogens with zero attached hydrogens (tertiary/aromatic N) is 2. The van der Waals surface area contributed by atoms with Gasteiger partial charge in [0.1, 0.15) is 17.6 Å². The van der Waals surface area contributed by atoms with E-state index in [-0.39, 0.29) is 11.4 Å². The first kappa shape index (κ1) is 16.1. The molecule has 7 heteroatoms. The molecule has 1 aliphatic heterocycles. The van der Waals surface area contributed by atoms with Gasteiger partial charge in [-0.2, -0.15) is 4.31 Å². The number of benzene rings is 1. The van der Waals surface area contributed by atoms with Gasteiger partial charge in [-0.1, -0.05) is 12.1 Å². The van der Waals surface area contributed by atoms with Crippen molar-refractivity contribution >= 4 is 10.0 Å². The van der Waals surface area contributed by atoms with E-state index in [1.54, 1.807) is 19.1 Å². The minimum atomic E-state index is -3.68. The van der Waals surface area contributed by atoms with Crippen LogP contribution in [0.1, 0.15) is 25.7 Å². The van der Waals surface area contributed by atoms with Crippen LogP contribution in [0, 0.1) is 6.92 Å². The molecule has 0 saturated carbocycles. The van der Waals surface area contributed by atoms with Crippen LogP contribution in [0.15, 0.2) is 39.8 Å². The number of halogens is 1. The van der Waals surface area contributed by atoms with E-state index >= 15 is 0 Å². The summed E-state index contributed by atoms with van der Waals surface area (Å²) in [6.45, 7) is 3.45. The normalized spacial score (nSPS) is 23.1. The number of aromatic nitrogens is 1. The third-order valence-electron chi connectivity index (χ3n) is 4.02. The zero-order chi connectivity index (χ0) is 16.7. The van der Waals surface area contributed by atoms with E-state index in [9.17, 15) is 12.8 Å². The van der Waals surface area contributed by atoms with Crippen LogP contribution in [0.2, 0.25) is 0 Å². The molecular weight excluding hydrogens is 319 g/mol. The minimum Gasteiger partial charge on any atom is -0.449 e. The Bertz CT molecular complexity index is 797.